The van der Waals surface area contributed by atoms with E-state index in [1.165, 1.54) is 6.21 Å². The van der Waals surface area contributed by atoms with Crippen LogP contribution >= 0.6 is 0 Å². The van der Waals surface area contributed by atoms with Crippen molar-refractivity contribution in [1.82, 2.24) is 4.90 Å². The molecule has 0 unspecified atom stereocenters. The zero-order chi connectivity index (χ0) is 18.1. The molecule has 1 N–H and O–H groups in total. The van der Waals surface area contributed by atoms with Crippen molar-refractivity contribution >= 4 is 18.2 Å². The van der Waals surface area contributed by atoms with E-state index in [1.807, 2.05) is 86.7 Å². The molecule has 4 heteroatoms. The van der Waals surface area contributed by atoms with Gasteiger partial charge in [0.15, 0.2) is 0 Å². The smallest absolute Gasteiger partial charge is 0.254 e. The second-order valence-corrected chi connectivity index (χ2v) is 6.60. The maximum absolute atomic E-state index is 12.9. The van der Waals surface area contributed by atoms with Gasteiger partial charge in [-0.3, -0.25) is 4.79 Å². The Morgan fingerprint density at radius 2 is 1.68 bits per heavy atom. The zero-order valence-electron chi connectivity index (χ0n) is 14.7. The largest absolute Gasteiger partial charge is 0.411 e. The van der Waals surface area contributed by atoms with E-state index >= 15 is 0 Å². The van der Waals surface area contributed by atoms with Gasteiger partial charge in [-0.25, -0.2) is 0 Å². The summed E-state index contributed by atoms with van der Waals surface area (Å²) in [6.45, 7) is 4.78. The topological polar surface area (TPSA) is 52.9 Å². The number of benzene rings is 2. The Labute approximate surface area is 149 Å². The van der Waals surface area contributed by atoms with Gasteiger partial charge in [0.1, 0.15) is 0 Å². The SMILES string of the molecule is CC(C)(/C=N\O)CN(C/C=C/c1ccccc1)C(=O)c1ccccc1. The van der Waals surface area contributed by atoms with E-state index in [2.05, 4.69) is 5.16 Å². The Morgan fingerprint density at radius 1 is 1.08 bits per heavy atom. The summed E-state index contributed by atoms with van der Waals surface area (Å²) < 4.78 is 0. The number of carbonyl (C=O) groups is 1. The van der Waals surface area contributed by atoms with Crippen LogP contribution in [0.25, 0.3) is 6.08 Å². The highest BCUT2D eigenvalue weighted by atomic mass is 16.4. The minimum atomic E-state index is -0.431. The van der Waals surface area contributed by atoms with Gasteiger partial charge < -0.3 is 10.1 Å². The van der Waals surface area contributed by atoms with E-state index in [0.717, 1.165) is 5.56 Å². The van der Waals surface area contributed by atoms with Gasteiger partial charge in [0, 0.05) is 24.1 Å². The molecule has 0 radical (unpaired) electrons. The summed E-state index contributed by atoms with van der Waals surface area (Å²) in [6, 6.07) is 19.2. The average molecular weight is 336 g/mol. The maximum Gasteiger partial charge on any atom is 0.254 e. The van der Waals surface area contributed by atoms with Crippen LogP contribution in [-0.4, -0.2) is 35.3 Å². The van der Waals surface area contributed by atoms with Crippen LogP contribution in [0.1, 0.15) is 29.8 Å². The Kier molecular flexibility index (Phi) is 6.52. The van der Waals surface area contributed by atoms with E-state index in [4.69, 9.17) is 5.21 Å². The fourth-order valence-electron chi connectivity index (χ4n) is 2.55. The molecule has 0 spiro atoms. The Morgan fingerprint density at radius 3 is 2.28 bits per heavy atom. The number of rotatable bonds is 7. The summed E-state index contributed by atoms with van der Waals surface area (Å²) in [4.78, 5) is 14.6. The highest BCUT2D eigenvalue weighted by Crippen LogP contribution is 2.17. The maximum atomic E-state index is 12.9. The molecule has 2 rings (SSSR count). The van der Waals surface area contributed by atoms with Crippen molar-refractivity contribution in [3.05, 3.63) is 77.9 Å². The molecule has 0 heterocycles. The van der Waals surface area contributed by atoms with Crippen molar-refractivity contribution in [2.45, 2.75) is 13.8 Å². The van der Waals surface area contributed by atoms with Crippen molar-refractivity contribution in [2.24, 2.45) is 10.6 Å². The van der Waals surface area contributed by atoms with Crippen LogP contribution in [0.5, 0.6) is 0 Å². The molecule has 0 saturated carbocycles. The lowest BCUT2D eigenvalue weighted by Gasteiger charge is -2.29. The molecule has 2 aromatic carbocycles. The number of nitrogens with zero attached hydrogens (tertiary/aromatic N) is 2. The van der Waals surface area contributed by atoms with Crippen molar-refractivity contribution in [1.29, 1.82) is 0 Å². The quantitative estimate of drug-likeness (QED) is 0.465. The highest BCUT2D eigenvalue weighted by molar-refractivity contribution is 5.94. The van der Waals surface area contributed by atoms with Gasteiger partial charge in [-0.2, -0.15) is 0 Å². The molecule has 0 saturated heterocycles. The number of carbonyl (C=O) groups excluding carboxylic acids is 1. The van der Waals surface area contributed by atoms with Crippen LogP contribution in [0.15, 0.2) is 71.9 Å². The molecular weight excluding hydrogens is 312 g/mol. The molecule has 0 atom stereocenters. The Bertz CT molecular complexity index is 722. The van der Waals surface area contributed by atoms with Gasteiger partial charge >= 0.3 is 0 Å². The molecule has 1 amide bonds. The molecule has 0 aliphatic heterocycles. The van der Waals surface area contributed by atoms with Crippen LogP contribution < -0.4 is 0 Å². The predicted octanol–water partition coefficient (Wildman–Crippen LogP) is 4.33. The Balaban J connectivity index is 2.16. The van der Waals surface area contributed by atoms with Crippen LogP contribution in [-0.2, 0) is 0 Å². The highest BCUT2D eigenvalue weighted by Gasteiger charge is 2.24. The van der Waals surface area contributed by atoms with Crippen molar-refractivity contribution in [2.75, 3.05) is 13.1 Å². The lowest BCUT2D eigenvalue weighted by atomic mass is 9.94. The molecular formula is C21H24N2O2. The fourth-order valence-corrected chi connectivity index (χ4v) is 2.55. The van der Waals surface area contributed by atoms with Crippen molar-refractivity contribution in [3.63, 3.8) is 0 Å². The lowest BCUT2D eigenvalue weighted by molar-refractivity contribution is 0.0740. The second kappa shape index (κ2) is 8.83. The van der Waals surface area contributed by atoms with E-state index < -0.39 is 5.41 Å². The van der Waals surface area contributed by atoms with Gasteiger partial charge in [0.25, 0.3) is 5.91 Å². The molecule has 130 valence electrons. The fraction of sp³-hybridized carbons (Fsp3) is 0.238. The summed E-state index contributed by atoms with van der Waals surface area (Å²) in [5.74, 6) is -0.0438. The van der Waals surface area contributed by atoms with Crippen LogP contribution in [0.2, 0.25) is 0 Å². The minimum Gasteiger partial charge on any atom is -0.411 e. The molecule has 2 aromatic rings. The minimum absolute atomic E-state index is 0.0438. The second-order valence-electron chi connectivity index (χ2n) is 6.60. The first-order chi connectivity index (χ1) is 12.0. The monoisotopic (exact) mass is 336 g/mol. The van der Waals surface area contributed by atoms with Gasteiger partial charge in [0.05, 0.1) is 6.21 Å². The third-order valence-electron chi connectivity index (χ3n) is 3.75. The van der Waals surface area contributed by atoms with Crippen LogP contribution in [0.3, 0.4) is 0 Å². The van der Waals surface area contributed by atoms with Crippen LogP contribution in [0.4, 0.5) is 0 Å². The van der Waals surface area contributed by atoms with E-state index in [0.29, 0.717) is 18.7 Å². The zero-order valence-corrected chi connectivity index (χ0v) is 14.7. The number of hydrogen-bond acceptors (Lipinski definition) is 3. The normalized spacial score (nSPS) is 11.9. The molecule has 0 fully saturated rings. The van der Waals surface area contributed by atoms with E-state index in [9.17, 15) is 4.79 Å². The van der Waals surface area contributed by atoms with Gasteiger partial charge in [-0.1, -0.05) is 74.5 Å². The van der Waals surface area contributed by atoms with Gasteiger partial charge in [-0.05, 0) is 17.7 Å². The summed E-state index contributed by atoms with van der Waals surface area (Å²) in [6.07, 6.45) is 5.43. The van der Waals surface area contributed by atoms with Crippen LogP contribution in [0, 0.1) is 5.41 Å². The average Bonchev–Trinajstić information content (AvgIpc) is 2.62. The summed E-state index contributed by atoms with van der Waals surface area (Å²) in [7, 11) is 0. The molecule has 0 aliphatic rings. The Hall–Kier alpha value is -2.88. The summed E-state index contributed by atoms with van der Waals surface area (Å²) in [5, 5.41) is 12.0. The van der Waals surface area contributed by atoms with Crippen molar-refractivity contribution in [3.8, 4) is 0 Å². The number of hydrogen-bond donors (Lipinski definition) is 1. The molecule has 0 bridgehead atoms. The molecule has 25 heavy (non-hydrogen) atoms. The standard InChI is InChI=1S/C21H24N2O2/c1-21(2,16-22-25)17-23(20(24)19-13-7-4-8-14-19)15-9-12-18-10-5-3-6-11-18/h3-14,16,25H,15,17H2,1-2H3/b12-9+,22-16-. The molecule has 4 nitrogen and oxygen atoms in total. The molecule has 0 aromatic heterocycles. The third kappa shape index (κ3) is 5.92. The summed E-state index contributed by atoms with van der Waals surface area (Å²) >= 11 is 0. The first kappa shape index (κ1) is 18.5. The van der Waals surface area contributed by atoms with E-state index in [-0.39, 0.29) is 5.91 Å². The van der Waals surface area contributed by atoms with Crippen molar-refractivity contribution < 1.29 is 10.0 Å². The first-order valence-electron chi connectivity index (χ1n) is 8.26. The van der Waals surface area contributed by atoms with Gasteiger partial charge in [-0.15, -0.1) is 5.16 Å². The number of oxime groups is 1. The lowest BCUT2D eigenvalue weighted by Crippen LogP contribution is -2.39. The van der Waals surface area contributed by atoms with Gasteiger partial charge in [0.2, 0.25) is 0 Å². The first-order valence-corrected chi connectivity index (χ1v) is 8.26. The summed E-state index contributed by atoms with van der Waals surface area (Å²) in [5.41, 5.74) is 1.30. The predicted molar refractivity (Wildman–Crippen MR) is 102 cm³/mol. The van der Waals surface area contributed by atoms with E-state index in [1.54, 1.807) is 4.90 Å². The number of amides is 1. The molecule has 0 aliphatic carbocycles. The third-order valence-corrected chi connectivity index (χ3v) is 3.75.